The van der Waals surface area contributed by atoms with Crippen molar-refractivity contribution in [2.45, 2.75) is 32.6 Å². The first-order chi connectivity index (χ1) is 15.2. The first kappa shape index (κ1) is 22.1. The summed E-state index contributed by atoms with van der Waals surface area (Å²) < 4.78 is 5.47. The maximum atomic E-state index is 12.7. The molecule has 7 heteroatoms. The molecule has 0 bridgehead atoms. The van der Waals surface area contributed by atoms with Crippen LogP contribution in [0.2, 0.25) is 0 Å². The summed E-state index contributed by atoms with van der Waals surface area (Å²) in [6, 6.07) is 8.24. The van der Waals surface area contributed by atoms with Gasteiger partial charge in [0, 0.05) is 64.5 Å². The summed E-state index contributed by atoms with van der Waals surface area (Å²) in [4.78, 5) is 24.4. The van der Waals surface area contributed by atoms with Gasteiger partial charge in [-0.3, -0.25) is 14.7 Å². The number of morpholine rings is 1. The smallest absolute Gasteiger partial charge is 0.227 e. The SMILES string of the molecule is CCNC(=NCCCC(=O)N1CCc2ccccc21)N1CCC(CN2CCOCC2)C1. The molecule has 0 radical (unpaired) electrons. The van der Waals surface area contributed by atoms with Crippen molar-refractivity contribution in [3.8, 4) is 0 Å². The van der Waals surface area contributed by atoms with Gasteiger partial charge in [-0.2, -0.15) is 0 Å². The van der Waals surface area contributed by atoms with Gasteiger partial charge >= 0.3 is 0 Å². The third kappa shape index (κ3) is 5.77. The second kappa shape index (κ2) is 11.0. The molecule has 1 N–H and O–H groups in total. The van der Waals surface area contributed by atoms with Crippen LogP contribution < -0.4 is 10.2 Å². The van der Waals surface area contributed by atoms with Crippen LogP contribution in [-0.2, 0) is 16.0 Å². The van der Waals surface area contributed by atoms with Crippen LogP contribution in [0.3, 0.4) is 0 Å². The zero-order chi connectivity index (χ0) is 21.5. The number of rotatable bonds is 7. The van der Waals surface area contributed by atoms with Gasteiger partial charge in [0.1, 0.15) is 0 Å². The molecule has 3 heterocycles. The average Bonchev–Trinajstić information content (AvgIpc) is 3.44. The molecule has 3 aliphatic rings. The fourth-order valence-electron chi connectivity index (χ4n) is 4.90. The molecule has 4 rings (SSSR count). The van der Waals surface area contributed by atoms with Gasteiger partial charge < -0.3 is 19.9 Å². The highest BCUT2D eigenvalue weighted by Crippen LogP contribution is 2.28. The molecule has 1 amide bonds. The van der Waals surface area contributed by atoms with E-state index in [1.54, 1.807) is 0 Å². The van der Waals surface area contributed by atoms with Gasteiger partial charge in [-0.25, -0.2) is 0 Å². The number of guanidine groups is 1. The summed E-state index contributed by atoms with van der Waals surface area (Å²) >= 11 is 0. The maximum Gasteiger partial charge on any atom is 0.227 e. The number of carbonyl (C=O) groups excluding carboxylic acids is 1. The lowest BCUT2D eigenvalue weighted by Gasteiger charge is -2.29. The van der Waals surface area contributed by atoms with Gasteiger partial charge in [0.05, 0.1) is 13.2 Å². The van der Waals surface area contributed by atoms with E-state index in [9.17, 15) is 4.79 Å². The van der Waals surface area contributed by atoms with Gasteiger partial charge in [0.25, 0.3) is 0 Å². The van der Waals surface area contributed by atoms with Crippen LogP contribution in [0, 0.1) is 5.92 Å². The third-order valence-electron chi connectivity index (χ3n) is 6.54. The summed E-state index contributed by atoms with van der Waals surface area (Å²) in [5.74, 6) is 1.92. The predicted octanol–water partition coefficient (Wildman–Crippen LogP) is 1.98. The number of likely N-dealkylation sites (tertiary alicyclic amines) is 1. The Morgan fingerprint density at radius 2 is 2.03 bits per heavy atom. The molecular weight excluding hydrogens is 390 g/mol. The largest absolute Gasteiger partial charge is 0.379 e. The van der Waals surface area contributed by atoms with Crippen LogP contribution in [0.15, 0.2) is 29.3 Å². The third-order valence-corrected chi connectivity index (χ3v) is 6.54. The van der Waals surface area contributed by atoms with Gasteiger partial charge in [-0.15, -0.1) is 0 Å². The van der Waals surface area contributed by atoms with Gasteiger partial charge in [-0.1, -0.05) is 18.2 Å². The topological polar surface area (TPSA) is 60.4 Å². The van der Waals surface area contributed by atoms with Gasteiger partial charge in [0.15, 0.2) is 5.96 Å². The standard InChI is InChI=1S/C24H37N5O2/c1-2-25-24(28-12-9-20(19-28)18-27-14-16-31-17-15-27)26-11-5-8-23(30)29-13-10-21-6-3-4-7-22(21)29/h3-4,6-7,20H,2,5,8-19H2,1H3,(H,25,26). The van der Waals surface area contributed by atoms with Crippen LogP contribution in [0.1, 0.15) is 31.7 Å². The Labute approximate surface area is 186 Å². The molecule has 170 valence electrons. The first-order valence-electron chi connectivity index (χ1n) is 12.0. The van der Waals surface area contributed by atoms with E-state index in [2.05, 4.69) is 34.2 Å². The maximum absolute atomic E-state index is 12.7. The van der Waals surface area contributed by atoms with E-state index in [0.29, 0.717) is 18.9 Å². The minimum Gasteiger partial charge on any atom is -0.379 e. The Morgan fingerprint density at radius 1 is 1.19 bits per heavy atom. The fraction of sp³-hybridized carbons (Fsp3) is 0.667. The lowest BCUT2D eigenvalue weighted by atomic mass is 10.1. The van der Waals surface area contributed by atoms with Gasteiger partial charge in [-0.05, 0) is 43.7 Å². The van der Waals surface area contributed by atoms with E-state index >= 15 is 0 Å². The number of aliphatic imine (C=N–C) groups is 1. The number of carbonyl (C=O) groups is 1. The number of nitrogens with one attached hydrogen (secondary N) is 1. The first-order valence-corrected chi connectivity index (χ1v) is 12.0. The molecule has 0 aromatic heterocycles. The Hall–Kier alpha value is -2.12. The van der Waals surface area contributed by atoms with E-state index in [-0.39, 0.29) is 5.91 Å². The number of anilines is 1. The molecule has 0 spiro atoms. The van der Waals surface area contributed by atoms with E-state index in [4.69, 9.17) is 9.73 Å². The Morgan fingerprint density at radius 3 is 2.87 bits per heavy atom. The van der Waals surface area contributed by atoms with Crippen LogP contribution >= 0.6 is 0 Å². The van der Waals surface area contributed by atoms with E-state index in [1.807, 2.05) is 17.0 Å². The highest BCUT2D eigenvalue weighted by Gasteiger charge is 2.27. The highest BCUT2D eigenvalue weighted by atomic mass is 16.5. The molecule has 0 aliphatic carbocycles. The lowest BCUT2D eigenvalue weighted by Crippen LogP contribution is -2.42. The zero-order valence-electron chi connectivity index (χ0n) is 18.9. The van der Waals surface area contributed by atoms with Crippen molar-refractivity contribution in [2.24, 2.45) is 10.9 Å². The molecule has 1 aromatic rings. The fourth-order valence-corrected chi connectivity index (χ4v) is 4.90. The number of hydrogen-bond donors (Lipinski definition) is 1. The van der Waals surface area contributed by atoms with Crippen LogP contribution in [0.4, 0.5) is 5.69 Å². The summed E-state index contributed by atoms with van der Waals surface area (Å²) in [5, 5.41) is 3.45. The molecule has 31 heavy (non-hydrogen) atoms. The Bertz CT molecular complexity index is 762. The summed E-state index contributed by atoms with van der Waals surface area (Å²) in [7, 11) is 0. The van der Waals surface area contributed by atoms with Crippen molar-refractivity contribution in [3.05, 3.63) is 29.8 Å². The normalized spacial score (nSPS) is 22.1. The van der Waals surface area contributed by atoms with Crippen LogP contribution in [0.25, 0.3) is 0 Å². The summed E-state index contributed by atoms with van der Waals surface area (Å²) in [5.41, 5.74) is 2.37. The van der Waals surface area contributed by atoms with E-state index in [0.717, 1.165) is 83.5 Å². The van der Waals surface area contributed by atoms with Crippen molar-refractivity contribution in [1.82, 2.24) is 15.1 Å². The monoisotopic (exact) mass is 427 g/mol. The number of para-hydroxylation sites is 1. The number of hydrogen-bond acceptors (Lipinski definition) is 4. The minimum absolute atomic E-state index is 0.219. The summed E-state index contributed by atoms with van der Waals surface area (Å²) in [6.07, 6.45) is 3.52. The van der Waals surface area contributed by atoms with Crippen molar-refractivity contribution in [2.75, 3.05) is 70.5 Å². The molecule has 2 fully saturated rings. The van der Waals surface area contributed by atoms with E-state index in [1.165, 1.54) is 12.0 Å². The molecule has 0 saturated carbocycles. The number of benzene rings is 1. The quantitative estimate of drug-likeness (QED) is 0.410. The Balaban J connectivity index is 1.23. The zero-order valence-corrected chi connectivity index (χ0v) is 18.9. The Kier molecular flexibility index (Phi) is 7.81. The molecule has 1 aromatic carbocycles. The molecule has 7 nitrogen and oxygen atoms in total. The second-order valence-corrected chi connectivity index (χ2v) is 8.78. The van der Waals surface area contributed by atoms with E-state index < -0.39 is 0 Å². The van der Waals surface area contributed by atoms with Crippen LogP contribution in [0.5, 0.6) is 0 Å². The highest BCUT2D eigenvalue weighted by molar-refractivity contribution is 5.95. The van der Waals surface area contributed by atoms with Crippen molar-refractivity contribution < 1.29 is 9.53 Å². The van der Waals surface area contributed by atoms with Crippen molar-refractivity contribution in [3.63, 3.8) is 0 Å². The summed E-state index contributed by atoms with van der Waals surface area (Å²) in [6.45, 7) is 11.6. The average molecular weight is 428 g/mol. The number of fused-ring (bicyclic) bond motifs is 1. The van der Waals surface area contributed by atoms with Crippen molar-refractivity contribution >= 4 is 17.6 Å². The lowest BCUT2D eigenvalue weighted by molar-refractivity contribution is -0.118. The molecule has 3 aliphatic heterocycles. The minimum atomic E-state index is 0.219. The number of ether oxygens (including phenoxy) is 1. The number of nitrogens with zero attached hydrogens (tertiary/aromatic N) is 4. The second-order valence-electron chi connectivity index (χ2n) is 8.78. The van der Waals surface area contributed by atoms with Crippen molar-refractivity contribution in [1.29, 1.82) is 0 Å². The van der Waals surface area contributed by atoms with Crippen LogP contribution in [-0.4, -0.2) is 87.2 Å². The molecular formula is C24H37N5O2. The molecule has 1 unspecified atom stereocenters. The predicted molar refractivity (Wildman–Crippen MR) is 125 cm³/mol. The van der Waals surface area contributed by atoms with Gasteiger partial charge in [0.2, 0.25) is 5.91 Å². The molecule has 1 atom stereocenters. The molecule has 2 saturated heterocycles. The number of amides is 1.